The fourth-order valence-corrected chi connectivity index (χ4v) is 8.01. The van der Waals surface area contributed by atoms with Crippen LogP contribution < -0.4 is 10.2 Å². The molecule has 2 atom stereocenters. The number of carbonyl (C=O) groups excluding carboxylic acids is 2. The third-order valence-electron chi connectivity index (χ3n) is 10.1. The van der Waals surface area contributed by atoms with Crippen LogP contribution in [-0.4, -0.2) is 57.2 Å². The molecule has 2 saturated heterocycles. The molecular formula is C33H38F2N6O2. The first-order valence-electron chi connectivity index (χ1n) is 15.3. The molecule has 4 aliphatic heterocycles. The van der Waals surface area contributed by atoms with E-state index >= 15 is 0 Å². The number of rotatable bonds is 4. The van der Waals surface area contributed by atoms with E-state index in [-0.39, 0.29) is 29.6 Å². The molecule has 10 heteroatoms. The van der Waals surface area contributed by atoms with Gasteiger partial charge >= 0.3 is 6.03 Å². The van der Waals surface area contributed by atoms with Gasteiger partial charge in [-0.05, 0) is 84.9 Å². The van der Waals surface area contributed by atoms with Gasteiger partial charge in [0.05, 0.1) is 6.20 Å². The molecule has 4 aliphatic rings. The van der Waals surface area contributed by atoms with Crippen molar-refractivity contribution in [3.05, 3.63) is 64.5 Å². The number of fused-ring (bicyclic) bond motifs is 4. The van der Waals surface area contributed by atoms with Crippen LogP contribution in [0.1, 0.15) is 79.2 Å². The number of hydrogen-bond acceptors (Lipinski definition) is 4. The summed E-state index contributed by atoms with van der Waals surface area (Å²) in [5, 5.41) is 7.03. The van der Waals surface area contributed by atoms with Crippen LogP contribution in [0.4, 0.5) is 25.0 Å². The second-order valence-corrected chi connectivity index (χ2v) is 12.6. The summed E-state index contributed by atoms with van der Waals surface area (Å²) in [5.41, 5.74) is 7.59. The van der Waals surface area contributed by atoms with Gasteiger partial charge in [-0.25, -0.2) is 13.6 Å². The largest absolute Gasteiger partial charge is 0.341 e. The normalized spacial score (nSPS) is 22.7. The van der Waals surface area contributed by atoms with Crippen molar-refractivity contribution in [1.29, 1.82) is 0 Å². The van der Waals surface area contributed by atoms with Gasteiger partial charge in [0.15, 0.2) is 0 Å². The number of aryl methyl sites for hydroxylation is 2. The summed E-state index contributed by atoms with van der Waals surface area (Å²) in [5.74, 6) is 0.323. The van der Waals surface area contributed by atoms with E-state index in [0.717, 1.165) is 73.1 Å². The van der Waals surface area contributed by atoms with E-state index in [4.69, 9.17) is 0 Å². The summed E-state index contributed by atoms with van der Waals surface area (Å²) in [7, 11) is 3.48. The van der Waals surface area contributed by atoms with Gasteiger partial charge in [0, 0.05) is 87.0 Å². The molecule has 2 unspecified atom stereocenters. The predicted octanol–water partition coefficient (Wildman–Crippen LogP) is 6.02. The Balaban J connectivity index is 1.31. The standard InChI is InChI=1S/C33H38F2N6O2/c1-19(42)39-17-23-9-21(22-10-25-6-7-26(11-22)41(25)33(43)36-2)13-31(29(23)18-39)40-8-4-5-20-12-27(24-15-37-38(3)16-24)28(32(34)35)14-30(20)40/h9,12-16,22,25-26,32H,4-8,10-11,17-18H2,1-3H3,(H,36,43). The minimum Gasteiger partial charge on any atom is -0.341 e. The predicted molar refractivity (Wildman–Crippen MR) is 160 cm³/mol. The van der Waals surface area contributed by atoms with Gasteiger partial charge in [0.1, 0.15) is 0 Å². The number of amides is 3. The molecule has 0 radical (unpaired) electrons. The molecule has 0 spiro atoms. The molecule has 3 aromatic rings. The lowest BCUT2D eigenvalue weighted by atomic mass is 9.83. The highest BCUT2D eigenvalue weighted by atomic mass is 19.3. The molecule has 2 aromatic carbocycles. The lowest BCUT2D eigenvalue weighted by Gasteiger charge is -2.39. The number of urea groups is 1. The minimum absolute atomic E-state index is 0.00287. The number of piperidine rings is 1. The van der Waals surface area contributed by atoms with Gasteiger partial charge in [0.25, 0.3) is 6.43 Å². The Bertz CT molecular complexity index is 1590. The summed E-state index contributed by atoms with van der Waals surface area (Å²) >= 11 is 0. The number of aromatic nitrogens is 2. The molecule has 1 N–H and O–H groups in total. The average molecular weight is 589 g/mol. The smallest absolute Gasteiger partial charge is 0.317 e. The summed E-state index contributed by atoms with van der Waals surface area (Å²) in [6, 6.07) is 8.56. The Morgan fingerprint density at radius 3 is 2.44 bits per heavy atom. The van der Waals surface area contributed by atoms with Crippen molar-refractivity contribution in [3.63, 3.8) is 0 Å². The van der Waals surface area contributed by atoms with Gasteiger partial charge in [-0.15, -0.1) is 0 Å². The van der Waals surface area contributed by atoms with E-state index in [0.29, 0.717) is 30.1 Å². The summed E-state index contributed by atoms with van der Waals surface area (Å²) in [6.07, 6.45) is 6.34. The molecule has 7 rings (SSSR count). The van der Waals surface area contributed by atoms with Crippen LogP contribution in [0.5, 0.6) is 0 Å². The first-order valence-corrected chi connectivity index (χ1v) is 15.3. The Labute approximate surface area is 250 Å². The minimum atomic E-state index is -2.63. The van der Waals surface area contributed by atoms with Crippen LogP contribution in [0.15, 0.2) is 36.7 Å². The number of hydrogen-bond donors (Lipinski definition) is 1. The van der Waals surface area contributed by atoms with E-state index < -0.39 is 6.43 Å². The zero-order valence-corrected chi connectivity index (χ0v) is 24.9. The van der Waals surface area contributed by atoms with Crippen molar-refractivity contribution >= 4 is 23.3 Å². The maximum absolute atomic E-state index is 14.6. The van der Waals surface area contributed by atoms with Crippen molar-refractivity contribution < 1.29 is 18.4 Å². The Hall–Kier alpha value is -3.95. The molecule has 0 saturated carbocycles. The van der Waals surface area contributed by atoms with Gasteiger partial charge in [-0.1, -0.05) is 6.07 Å². The number of nitrogens with zero attached hydrogens (tertiary/aromatic N) is 5. The Morgan fingerprint density at radius 1 is 1.02 bits per heavy atom. The molecular weight excluding hydrogens is 550 g/mol. The lowest BCUT2D eigenvalue weighted by molar-refractivity contribution is -0.129. The Morgan fingerprint density at radius 2 is 1.79 bits per heavy atom. The fraction of sp³-hybridized carbons (Fsp3) is 0.485. The molecule has 226 valence electrons. The Kier molecular flexibility index (Phi) is 6.90. The van der Waals surface area contributed by atoms with E-state index in [1.807, 2.05) is 15.9 Å². The summed E-state index contributed by atoms with van der Waals surface area (Å²) < 4.78 is 30.8. The molecule has 8 nitrogen and oxygen atoms in total. The van der Waals surface area contributed by atoms with Gasteiger partial charge in [-0.3, -0.25) is 9.48 Å². The highest BCUT2D eigenvalue weighted by Crippen LogP contribution is 2.48. The first-order chi connectivity index (χ1) is 20.7. The first kappa shape index (κ1) is 27.9. The third-order valence-corrected chi connectivity index (χ3v) is 10.1. The lowest BCUT2D eigenvalue weighted by Crippen LogP contribution is -2.49. The van der Waals surface area contributed by atoms with Gasteiger partial charge in [-0.2, -0.15) is 5.10 Å². The maximum Gasteiger partial charge on any atom is 0.317 e. The van der Waals surface area contributed by atoms with Crippen molar-refractivity contribution in [2.45, 2.75) is 83.0 Å². The van der Waals surface area contributed by atoms with Crippen molar-refractivity contribution in [2.24, 2.45) is 7.05 Å². The number of anilines is 2. The zero-order valence-electron chi connectivity index (χ0n) is 24.9. The van der Waals surface area contributed by atoms with Crippen molar-refractivity contribution in [2.75, 3.05) is 18.5 Å². The highest BCUT2D eigenvalue weighted by Gasteiger charge is 2.44. The van der Waals surface area contributed by atoms with Crippen LogP contribution in [0.25, 0.3) is 11.1 Å². The maximum atomic E-state index is 14.6. The van der Waals surface area contributed by atoms with E-state index in [9.17, 15) is 18.4 Å². The van der Waals surface area contributed by atoms with Crippen LogP contribution in [0.2, 0.25) is 0 Å². The van der Waals surface area contributed by atoms with Gasteiger partial charge < -0.3 is 20.0 Å². The second-order valence-electron chi connectivity index (χ2n) is 12.6. The van der Waals surface area contributed by atoms with E-state index in [1.54, 1.807) is 44.2 Å². The monoisotopic (exact) mass is 588 g/mol. The van der Waals surface area contributed by atoms with E-state index in [2.05, 4.69) is 27.4 Å². The zero-order chi connectivity index (χ0) is 30.0. The quantitative estimate of drug-likeness (QED) is 0.405. The number of carbonyl (C=O) groups is 2. The van der Waals surface area contributed by atoms with Crippen LogP contribution in [0.3, 0.4) is 0 Å². The van der Waals surface area contributed by atoms with Crippen LogP contribution in [-0.2, 0) is 31.4 Å². The number of benzene rings is 2. The topological polar surface area (TPSA) is 73.7 Å². The van der Waals surface area contributed by atoms with E-state index in [1.165, 1.54) is 5.56 Å². The van der Waals surface area contributed by atoms with Crippen LogP contribution >= 0.6 is 0 Å². The molecule has 5 heterocycles. The molecule has 2 bridgehead atoms. The van der Waals surface area contributed by atoms with Crippen LogP contribution in [0, 0.1) is 0 Å². The molecule has 1 aromatic heterocycles. The second kappa shape index (κ2) is 10.6. The number of alkyl halides is 2. The van der Waals surface area contributed by atoms with Crippen molar-refractivity contribution in [3.8, 4) is 11.1 Å². The molecule has 3 amide bonds. The third kappa shape index (κ3) is 4.75. The van der Waals surface area contributed by atoms with Crippen molar-refractivity contribution in [1.82, 2.24) is 24.9 Å². The van der Waals surface area contributed by atoms with Gasteiger partial charge in [0.2, 0.25) is 5.91 Å². The average Bonchev–Trinajstić information content (AvgIpc) is 3.70. The number of nitrogens with one attached hydrogen (secondary N) is 1. The highest BCUT2D eigenvalue weighted by molar-refractivity contribution is 5.80. The molecule has 43 heavy (non-hydrogen) atoms. The summed E-state index contributed by atoms with van der Waals surface area (Å²) in [4.78, 5) is 31.2. The summed E-state index contributed by atoms with van der Waals surface area (Å²) in [6.45, 7) is 3.39. The molecule has 0 aliphatic carbocycles. The molecule has 2 fully saturated rings. The number of halogens is 2. The SMILES string of the molecule is CNC(=O)N1C2CCC1CC(c1cc3c(c(N4CCCc5cc(-c6cnn(C)c6)c(C(F)F)cc54)c1)CN(C(C)=O)C3)C2. The fourth-order valence-electron chi connectivity index (χ4n) is 8.01.